The summed E-state index contributed by atoms with van der Waals surface area (Å²) >= 11 is 0. The molecule has 0 aliphatic rings. The Hall–Kier alpha value is -0.860. The summed E-state index contributed by atoms with van der Waals surface area (Å²) in [5.74, 6) is -1.96. The maximum absolute atomic E-state index is 10.6. The fourth-order valence-corrected chi connectivity index (χ4v) is 2.25. The Bertz CT molecular complexity index is 226. The molecule has 0 rings (SSSR count). The molecule has 3 heteroatoms. The second-order valence-corrected chi connectivity index (χ2v) is 5.33. The van der Waals surface area contributed by atoms with Crippen molar-refractivity contribution in [2.75, 3.05) is 0 Å². The predicted molar refractivity (Wildman–Crippen MR) is 77.9 cm³/mol. The molecule has 1 radical (unpaired) electrons. The molecule has 19 heavy (non-hydrogen) atoms. The van der Waals surface area contributed by atoms with Crippen LogP contribution in [-0.2, 0) is 9.59 Å². The second-order valence-electron chi connectivity index (χ2n) is 5.33. The fraction of sp³-hybridized carbons (Fsp3) is 0.875. The minimum Gasteiger partial charge on any atom is -0.481 e. The van der Waals surface area contributed by atoms with Gasteiger partial charge in [0.05, 0.1) is 0 Å². The van der Waals surface area contributed by atoms with Gasteiger partial charge in [-0.15, -0.1) is 0 Å². The van der Waals surface area contributed by atoms with E-state index in [-0.39, 0.29) is 0 Å². The summed E-state index contributed by atoms with van der Waals surface area (Å²) in [6, 6.07) is 0. The van der Waals surface area contributed by atoms with Crippen molar-refractivity contribution < 1.29 is 14.7 Å². The number of unbranched alkanes of at least 4 members (excludes halogenated alkanes) is 10. The summed E-state index contributed by atoms with van der Waals surface area (Å²) in [7, 11) is 0. The summed E-state index contributed by atoms with van der Waals surface area (Å²) < 4.78 is 0. The highest BCUT2D eigenvalue weighted by Gasteiger charge is 2.16. The zero-order valence-corrected chi connectivity index (χ0v) is 12.3. The number of hydrogen-bond acceptors (Lipinski definition) is 2. The number of carboxylic acid groups (broad SMARTS) is 1. The van der Waals surface area contributed by atoms with Crippen LogP contribution in [-0.4, -0.2) is 17.4 Å². The van der Waals surface area contributed by atoms with Gasteiger partial charge in [0.2, 0.25) is 6.29 Å². The van der Waals surface area contributed by atoms with Crippen molar-refractivity contribution in [2.24, 2.45) is 5.92 Å². The van der Waals surface area contributed by atoms with E-state index in [9.17, 15) is 9.59 Å². The van der Waals surface area contributed by atoms with Crippen LogP contribution in [0.5, 0.6) is 0 Å². The van der Waals surface area contributed by atoms with E-state index in [2.05, 4.69) is 6.92 Å². The van der Waals surface area contributed by atoms with Crippen LogP contribution in [0.2, 0.25) is 0 Å². The first-order valence-electron chi connectivity index (χ1n) is 7.82. The van der Waals surface area contributed by atoms with Gasteiger partial charge in [-0.2, -0.15) is 0 Å². The molecule has 1 atom stereocenters. The third-order valence-corrected chi connectivity index (χ3v) is 3.54. The number of aliphatic carboxylic acids is 1. The van der Waals surface area contributed by atoms with Crippen LogP contribution in [0, 0.1) is 5.92 Å². The zero-order valence-electron chi connectivity index (χ0n) is 12.3. The lowest BCUT2D eigenvalue weighted by molar-refractivity contribution is -0.139. The highest BCUT2D eigenvalue weighted by molar-refractivity contribution is 5.86. The molecule has 0 fully saturated rings. The minimum absolute atomic E-state index is 0.440. The van der Waals surface area contributed by atoms with Crippen LogP contribution < -0.4 is 0 Å². The van der Waals surface area contributed by atoms with Gasteiger partial charge < -0.3 is 5.11 Å². The molecule has 0 aliphatic carbocycles. The van der Waals surface area contributed by atoms with Gasteiger partial charge in [0.15, 0.2) is 0 Å². The number of carbonyl (C=O) groups excluding carboxylic acids is 1. The van der Waals surface area contributed by atoms with Crippen molar-refractivity contribution in [2.45, 2.75) is 84.0 Å². The molecule has 1 unspecified atom stereocenters. The Morgan fingerprint density at radius 1 is 0.895 bits per heavy atom. The van der Waals surface area contributed by atoms with E-state index >= 15 is 0 Å². The molecule has 0 aromatic rings. The minimum atomic E-state index is -1.04. The molecule has 0 aromatic heterocycles. The summed E-state index contributed by atoms with van der Waals surface area (Å²) in [6.45, 7) is 2.23. The van der Waals surface area contributed by atoms with E-state index in [0.29, 0.717) is 6.42 Å². The van der Waals surface area contributed by atoms with Gasteiger partial charge in [0.1, 0.15) is 5.92 Å². The summed E-state index contributed by atoms with van der Waals surface area (Å²) in [4.78, 5) is 20.9. The topological polar surface area (TPSA) is 54.4 Å². The lowest BCUT2D eigenvalue weighted by atomic mass is 10.0. The molecule has 1 N–H and O–H groups in total. The van der Waals surface area contributed by atoms with Crippen molar-refractivity contribution in [3.63, 3.8) is 0 Å². The average molecular weight is 269 g/mol. The van der Waals surface area contributed by atoms with Gasteiger partial charge in [0.25, 0.3) is 0 Å². The standard InChI is InChI=1S/C16H29O3/c1-2-3-4-5-6-7-8-9-10-11-12-13-15(14-17)16(18)19/h15H,2-13H2,1H3,(H,18,19). The maximum Gasteiger partial charge on any atom is 0.314 e. The number of hydrogen-bond donors (Lipinski definition) is 1. The van der Waals surface area contributed by atoms with E-state index in [4.69, 9.17) is 5.11 Å². The first-order valence-corrected chi connectivity index (χ1v) is 7.82. The molecule has 0 aromatic carbocycles. The van der Waals surface area contributed by atoms with Crippen molar-refractivity contribution in [1.82, 2.24) is 0 Å². The second kappa shape index (κ2) is 13.6. The molecule has 0 saturated heterocycles. The van der Waals surface area contributed by atoms with Crippen molar-refractivity contribution >= 4 is 12.3 Å². The smallest absolute Gasteiger partial charge is 0.314 e. The first-order chi connectivity index (χ1) is 9.22. The molecular weight excluding hydrogens is 240 g/mol. The SMILES string of the molecule is CCCCCCCCCCCCCC([C]=O)C(=O)O. The van der Waals surface area contributed by atoms with Crippen LogP contribution in [0.25, 0.3) is 0 Å². The summed E-state index contributed by atoms with van der Waals surface area (Å²) in [6.07, 6.45) is 15.6. The Morgan fingerprint density at radius 2 is 1.32 bits per heavy atom. The number of rotatable bonds is 14. The highest BCUT2D eigenvalue weighted by atomic mass is 16.4. The van der Waals surface area contributed by atoms with Crippen LogP contribution in [0.4, 0.5) is 0 Å². The van der Waals surface area contributed by atoms with E-state index < -0.39 is 11.9 Å². The number of carbonyl (C=O) groups is 1. The van der Waals surface area contributed by atoms with Gasteiger partial charge in [-0.05, 0) is 6.42 Å². The van der Waals surface area contributed by atoms with Crippen molar-refractivity contribution in [1.29, 1.82) is 0 Å². The largest absolute Gasteiger partial charge is 0.481 e. The normalized spacial score (nSPS) is 12.3. The summed E-state index contributed by atoms with van der Waals surface area (Å²) in [5, 5.41) is 8.67. The summed E-state index contributed by atoms with van der Waals surface area (Å²) in [5.41, 5.74) is 0. The molecule has 0 spiro atoms. The first kappa shape index (κ1) is 18.1. The Balaban J connectivity index is 3.18. The van der Waals surface area contributed by atoms with Crippen LogP contribution in [0.1, 0.15) is 84.0 Å². The van der Waals surface area contributed by atoms with Gasteiger partial charge in [0, 0.05) is 0 Å². The van der Waals surface area contributed by atoms with Gasteiger partial charge in [-0.3, -0.25) is 9.59 Å². The maximum atomic E-state index is 10.6. The molecule has 0 aliphatic heterocycles. The molecule has 111 valence electrons. The Kier molecular flexibility index (Phi) is 13.0. The molecule has 0 amide bonds. The molecule has 0 bridgehead atoms. The quantitative estimate of drug-likeness (QED) is 0.373. The van der Waals surface area contributed by atoms with Crippen molar-refractivity contribution in [3.05, 3.63) is 0 Å². The van der Waals surface area contributed by atoms with E-state index in [0.717, 1.165) is 19.3 Å². The lowest BCUT2D eigenvalue weighted by Gasteiger charge is -2.04. The lowest BCUT2D eigenvalue weighted by Crippen LogP contribution is -2.14. The highest BCUT2D eigenvalue weighted by Crippen LogP contribution is 2.13. The van der Waals surface area contributed by atoms with Crippen LogP contribution >= 0.6 is 0 Å². The van der Waals surface area contributed by atoms with Crippen LogP contribution in [0.3, 0.4) is 0 Å². The van der Waals surface area contributed by atoms with E-state index in [1.807, 2.05) is 0 Å². The van der Waals surface area contributed by atoms with Gasteiger partial charge in [-0.1, -0.05) is 77.6 Å². The molecule has 0 saturated carbocycles. The average Bonchev–Trinajstić information content (AvgIpc) is 2.40. The number of carboxylic acids is 1. The van der Waals surface area contributed by atoms with E-state index in [1.54, 1.807) is 6.29 Å². The van der Waals surface area contributed by atoms with Crippen LogP contribution in [0.15, 0.2) is 0 Å². The van der Waals surface area contributed by atoms with Crippen molar-refractivity contribution in [3.8, 4) is 0 Å². The van der Waals surface area contributed by atoms with E-state index in [1.165, 1.54) is 51.4 Å². The predicted octanol–water partition coefficient (Wildman–Crippen LogP) is 4.50. The Labute approximate surface area is 117 Å². The van der Waals surface area contributed by atoms with Gasteiger partial charge in [-0.25, -0.2) is 0 Å². The monoisotopic (exact) mass is 269 g/mol. The zero-order chi connectivity index (χ0) is 14.3. The molecule has 3 nitrogen and oxygen atoms in total. The third-order valence-electron chi connectivity index (χ3n) is 3.54. The third kappa shape index (κ3) is 11.9. The van der Waals surface area contributed by atoms with Gasteiger partial charge >= 0.3 is 5.97 Å². The fourth-order valence-electron chi connectivity index (χ4n) is 2.25. The molecule has 0 heterocycles. The Morgan fingerprint density at radius 3 is 1.68 bits per heavy atom. The molecular formula is C16H29O3.